The number of fused-ring (bicyclic) bond motifs is 6. The number of para-hydroxylation sites is 2. The van der Waals surface area contributed by atoms with Crippen molar-refractivity contribution in [3.63, 3.8) is 0 Å². The first kappa shape index (κ1) is 24.2. The van der Waals surface area contributed by atoms with E-state index in [0.29, 0.717) is 11.4 Å². The molecule has 62 heavy (non-hydrogen) atoms. The molecule has 12 aromatic rings. The van der Waals surface area contributed by atoms with Crippen LogP contribution in [0.3, 0.4) is 0 Å². The van der Waals surface area contributed by atoms with E-state index in [4.69, 9.17) is 5.48 Å². The Kier molecular flexibility index (Phi) is 5.77. The summed E-state index contributed by atoms with van der Waals surface area (Å²) in [7, 11) is 0. The van der Waals surface area contributed by atoms with Crippen LogP contribution in [-0.2, 0) is 0 Å². The number of rotatable bonds is 7. The summed E-state index contributed by atoms with van der Waals surface area (Å²) in [6, 6.07) is 42.7. The molecule has 0 aliphatic carbocycles. The van der Waals surface area contributed by atoms with Crippen molar-refractivity contribution >= 4 is 43.6 Å². The molecule has 0 spiro atoms. The molecule has 2 nitrogen and oxygen atoms in total. The highest BCUT2D eigenvalue weighted by molar-refractivity contribution is 6.12. The Bertz CT molecular complexity index is 4420. The highest BCUT2D eigenvalue weighted by Gasteiger charge is 2.17. The van der Waals surface area contributed by atoms with E-state index in [1.54, 1.807) is 30.3 Å². The van der Waals surface area contributed by atoms with Gasteiger partial charge in [-0.25, -0.2) is 0 Å². The van der Waals surface area contributed by atoms with Gasteiger partial charge in [0.1, 0.15) is 0 Å². The Labute approximate surface area is 380 Å². The molecule has 0 radical (unpaired) electrons. The first-order valence-electron chi connectivity index (χ1n) is 27.2. The number of benzene rings is 10. The molecule has 0 aliphatic rings. The normalized spacial score (nSPS) is 14.7. The van der Waals surface area contributed by atoms with Crippen molar-refractivity contribution in [3.8, 4) is 67.0 Å². The van der Waals surface area contributed by atoms with Gasteiger partial charge in [-0.3, -0.25) is 0 Å². The van der Waals surface area contributed by atoms with Gasteiger partial charge in [-0.05, 0) is 122 Å². The van der Waals surface area contributed by atoms with Gasteiger partial charge in [-0.2, -0.15) is 0 Å². The lowest BCUT2D eigenvalue weighted by Gasteiger charge is -2.11. The summed E-state index contributed by atoms with van der Waals surface area (Å²) < 4.78 is 133. The van der Waals surface area contributed by atoms with Crippen molar-refractivity contribution < 1.29 is 19.2 Å². The quantitative estimate of drug-likeness (QED) is 0.152. The zero-order valence-corrected chi connectivity index (χ0v) is 32.9. The van der Waals surface area contributed by atoms with Crippen molar-refractivity contribution in [1.29, 1.82) is 0 Å². The third kappa shape index (κ3) is 6.12. The van der Waals surface area contributed by atoms with E-state index in [9.17, 15) is 13.7 Å². The molecule has 0 amide bonds. The summed E-state index contributed by atoms with van der Waals surface area (Å²) in [5.74, 6) is 0. The largest absolute Gasteiger partial charge is 0.309 e. The third-order valence-corrected chi connectivity index (χ3v) is 11.4. The minimum absolute atomic E-state index is 0.0507. The van der Waals surface area contributed by atoms with Gasteiger partial charge in [0, 0.05) is 32.9 Å². The van der Waals surface area contributed by atoms with E-state index in [0.717, 1.165) is 44.5 Å². The molecule has 0 fully saturated rings. The minimum Gasteiger partial charge on any atom is -0.309 e. The molecule has 10 aromatic carbocycles. The smallest absolute Gasteiger partial charge is 0.0645 e. The lowest BCUT2D eigenvalue weighted by Crippen LogP contribution is -1.94. The average molecular weight is 803 g/mol. The highest BCUT2D eigenvalue weighted by atomic mass is 15.0. The fraction of sp³-hybridized carbons (Fsp3) is 0. The molecule has 2 heteroatoms. The van der Waals surface area contributed by atoms with Crippen molar-refractivity contribution in [2.75, 3.05) is 0 Å². The summed E-state index contributed by atoms with van der Waals surface area (Å²) in [5, 5.41) is -0.510. The molecule has 0 saturated carbocycles. The molecule has 0 unspecified atom stereocenters. The Balaban J connectivity index is 1.06. The minimum atomic E-state index is -0.621. The second kappa shape index (κ2) is 14.8. The molecule has 2 heterocycles. The van der Waals surface area contributed by atoms with Gasteiger partial charge in [0.2, 0.25) is 0 Å². The van der Waals surface area contributed by atoms with E-state index in [1.165, 1.54) is 9.13 Å². The van der Waals surface area contributed by atoms with E-state index >= 15 is 0 Å². The van der Waals surface area contributed by atoms with Gasteiger partial charge in [0.05, 0.1) is 41.3 Å². The standard InChI is InChI=1S/C60H40N2/c1-3-13-41(14-4-1)43-25-27-44(28-26-43)46-17-11-18-47(37-46)45-29-33-51(34-30-45)61-57-23-9-7-21-53(57)55-39-49(31-35-59(55)61)50-32-36-60-56(40-50)54-22-8-10-24-58(54)62(60)52-20-12-19-48(38-52)42-15-5-2-6-16-42/h1-40H/i7D,8D,9D,10D,21D,22D,23D,24D,31D,32D,35D,36D,39D,40D. The summed E-state index contributed by atoms with van der Waals surface area (Å²) in [6.07, 6.45) is 0. The Morgan fingerprint density at radius 2 is 0.645 bits per heavy atom. The maximum Gasteiger partial charge on any atom is 0.0645 e. The van der Waals surface area contributed by atoms with Gasteiger partial charge in [-0.15, -0.1) is 0 Å². The van der Waals surface area contributed by atoms with Gasteiger partial charge in [0.15, 0.2) is 0 Å². The zero-order chi connectivity index (χ0) is 53.2. The molecule has 290 valence electrons. The second-order valence-corrected chi connectivity index (χ2v) is 15.1. The van der Waals surface area contributed by atoms with Crippen molar-refractivity contribution in [2.45, 2.75) is 0 Å². The SMILES string of the molecule is [2H]c1c([2H])c([2H])c2c(c1[2H])c1c([2H])c(-c3c([2H])c([2H])c4c(c3[2H])c3c([2H])c([2H])c([2H])c([2H])c3n4-c3cccc(-c4ccccc4)c3)c([2H])c([2H])c1n2-c1ccc(-c2cccc(-c3ccc(-c4ccccc4)cc3)c2)cc1. The van der Waals surface area contributed by atoms with Crippen LogP contribution in [0.5, 0.6) is 0 Å². The highest BCUT2D eigenvalue weighted by Crippen LogP contribution is 2.39. The molecule has 0 N–H and O–H groups in total. The Morgan fingerprint density at radius 1 is 0.258 bits per heavy atom. The number of hydrogen-bond donors (Lipinski definition) is 0. The number of nitrogens with zero attached hydrogens (tertiary/aromatic N) is 2. The lowest BCUT2D eigenvalue weighted by molar-refractivity contribution is 1.18. The zero-order valence-electron chi connectivity index (χ0n) is 46.9. The number of hydrogen-bond acceptors (Lipinski definition) is 0. The third-order valence-electron chi connectivity index (χ3n) is 11.4. The van der Waals surface area contributed by atoms with Crippen molar-refractivity contribution in [2.24, 2.45) is 0 Å². The fourth-order valence-electron chi connectivity index (χ4n) is 8.42. The summed E-state index contributed by atoms with van der Waals surface area (Å²) in [4.78, 5) is 0. The lowest BCUT2D eigenvalue weighted by atomic mass is 9.97. The molecular formula is C60H40N2. The maximum atomic E-state index is 9.95. The monoisotopic (exact) mass is 802 g/mol. The van der Waals surface area contributed by atoms with Crippen LogP contribution in [0.15, 0.2) is 242 Å². The van der Waals surface area contributed by atoms with Crippen LogP contribution in [-0.4, -0.2) is 9.13 Å². The van der Waals surface area contributed by atoms with Crippen LogP contribution in [0.2, 0.25) is 0 Å². The first-order valence-corrected chi connectivity index (χ1v) is 20.2. The van der Waals surface area contributed by atoms with E-state index in [1.807, 2.05) is 84.9 Å². The summed E-state index contributed by atoms with van der Waals surface area (Å²) in [6.45, 7) is 0. The van der Waals surface area contributed by atoms with Gasteiger partial charge < -0.3 is 9.13 Å². The fourth-order valence-corrected chi connectivity index (χ4v) is 8.42. The molecule has 12 rings (SSSR count). The molecule has 0 bridgehead atoms. The van der Waals surface area contributed by atoms with E-state index in [2.05, 4.69) is 42.5 Å². The van der Waals surface area contributed by atoms with Crippen molar-refractivity contribution in [3.05, 3.63) is 242 Å². The second-order valence-electron chi connectivity index (χ2n) is 15.1. The number of aromatic nitrogens is 2. The van der Waals surface area contributed by atoms with E-state index in [-0.39, 0.29) is 43.6 Å². The van der Waals surface area contributed by atoms with Crippen LogP contribution in [0.1, 0.15) is 19.2 Å². The van der Waals surface area contributed by atoms with Crippen LogP contribution in [0, 0.1) is 0 Å². The molecule has 0 aliphatic heterocycles. The molecule has 0 saturated heterocycles. The molecule has 0 atom stereocenters. The predicted octanol–water partition coefficient (Wildman–Crippen LogP) is 16.2. The summed E-state index contributed by atoms with van der Waals surface area (Å²) >= 11 is 0. The van der Waals surface area contributed by atoms with Crippen molar-refractivity contribution in [1.82, 2.24) is 9.13 Å². The van der Waals surface area contributed by atoms with Crippen LogP contribution in [0.25, 0.3) is 111 Å². The Hall–Kier alpha value is -8.20. The average Bonchev–Trinajstić information content (AvgIpc) is 4.21. The first-order chi connectivity index (χ1) is 36.6. The van der Waals surface area contributed by atoms with Gasteiger partial charge in [-0.1, -0.05) is 176 Å². The summed E-state index contributed by atoms with van der Waals surface area (Å²) in [5.41, 5.74) is 7.21. The van der Waals surface area contributed by atoms with Gasteiger partial charge in [0.25, 0.3) is 0 Å². The molecule has 2 aromatic heterocycles. The van der Waals surface area contributed by atoms with E-state index < -0.39 is 95.7 Å². The Morgan fingerprint density at radius 3 is 1.19 bits per heavy atom. The van der Waals surface area contributed by atoms with Crippen LogP contribution >= 0.6 is 0 Å². The van der Waals surface area contributed by atoms with Gasteiger partial charge >= 0.3 is 0 Å². The topological polar surface area (TPSA) is 9.86 Å². The maximum absolute atomic E-state index is 9.95. The van der Waals surface area contributed by atoms with Crippen LogP contribution in [0.4, 0.5) is 0 Å². The van der Waals surface area contributed by atoms with Crippen LogP contribution < -0.4 is 0 Å². The molecular weight excluding hydrogens is 749 g/mol. The predicted molar refractivity (Wildman–Crippen MR) is 262 cm³/mol.